The molecular formula is C21H19FN2O. The van der Waals surface area contributed by atoms with Crippen molar-refractivity contribution in [3.8, 4) is 0 Å². The lowest BCUT2D eigenvalue weighted by Gasteiger charge is -2.09. The number of rotatable bonds is 6. The Balaban J connectivity index is 1.52. The van der Waals surface area contributed by atoms with Crippen molar-refractivity contribution in [3.63, 3.8) is 0 Å². The number of anilines is 3. The average Bonchev–Trinajstić information content (AvgIpc) is 2.63. The summed E-state index contributed by atoms with van der Waals surface area (Å²) < 4.78 is 13.2. The van der Waals surface area contributed by atoms with E-state index in [1.54, 1.807) is 12.1 Å². The fourth-order valence-electron chi connectivity index (χ4n) is 2.50. The molecule has 0 heterocycles. The van der Waals surface area contributed by atoms with Gasteiger partial charge in [0.25, 0.3) is 0 Å². The van der Waals surface area contributed by atoms with Crippen molar-refractivity contribution in [2.75, 3.05) is 10.6 Å². The summed E-state index contributed by atoms with van der Waals surface area (Å²) in [5.41, 5.74) is 3.39. The molecule has 0 atom stereocenters. The zero-order chi connectivity index (χ0) is 17.5. The molecule has 0 fully saturated rings. The number of halogens is 1. The maximum absolute atomic E-state index is 13.2. The highest BCUT2D eigenvalue weighted by molar-refractivity contribution is 5.91. The maximum atomic E-state index is 13.2. The van der Waals surface area contributed by atoms with Crippen molar-refractivity contribution in [2.24, 2.45) is 0 Å². The molecule has 0 aliphatic heterocycles. The van der Waals surface area contributed by atoms with Crippen molar-refractivity contribution < 1.29 is 9.18 Å². The Labute approximate surface area is 146 Å². The minimum atomic E-state index is -0.285. The van der Waals surface area contributed by atoms with Crippen LogP contribution in [0.5, 0.6) is 0 Å². The minimum absolute atomic E-state index is 0.0188. The first-order chi connectivity index (χ1) is 12.2. The average molecular weight is 334 g/mol. The number of amides is 1. The number of carbonyl (C=O) groups excluding carboxylic acids is 1. The first-order valence-electron chi connectivity index (χ1n) is 8.15. The van der Waals surface area contributed by atoms with Crippen molar-refractivity contribution in [3.05, 3.63) is 90.2 Å². The standard InChI is InChI=1S/C21H19FN2O/c22-17-7-4-8-20(15-17)23-18-10-12-19(13-11-18)24-21(25)14-9-16-5-2-1-3-6-16/h1-8,10-13,15,23H,9,14H2,(H,24,25). The van der Waals surface area contributed by atoms with E-state index in [1.165, 1.54) is 12.1 Å². The first-order valence-corrected chi connectivity index (χ1v) is 8.15. The largest absolute Gasteiger partial charge is 0.355 e. The summed E-state index contributed by atoms with van der Waals surface area (Å²) >= 11 is 0. The molecular weight excluding hydrogens is 315 g/mol. The Morgan fingerprint density at radius 1 is 0.800 bits per heavy atom. The quantitative estimate of drug-likeness (QED) is 0.655. The van der Waals surface area contributed by atoms with Gasteiger partial charge in [-0.15, -0.1) is 0 Å². The molecule has 0 radical (unpaired) electrons. The number of hydrogen-bond donors (Lipinski definition) is 2. The molecule has 0 aromatic heterocycles. The highest BCUT2D eigenvalue weighted by atomic mass is 19.1. The third-order valence-corrected chi connectivity index (χ3v) is 3.77. The van der Waals surface area contributed by atoms with Crippen LogP contribution >= 0.6 is 0 Å². The number of aryl methyl sites for hydroxylation is 1. The molecule has 3 aromatic carbocycles. The van der Waals surface area contributed by atoms with Gasteiger partial charge in [0.2, 0.25) is 5.91 Å². The topological polar surface area (TPSA) is 41.1 Å². The Morgan fingerprint density at radius 2 is 1.52 bits per heavy atom. The molecule has 0 unspecified atom stereocenters. The third-order valence-electron chi connectivity index (χ3n) is 3.77. The van der Waals surface area contributed by atoms with Gasteiger partial charge in [-0.1, -0.05) is 36.4 Å². The van der Waals surface area contributed by atoms with Gasteiger partial charge in [0.15, 0.2) is 0 Å². The van der Waals surface area contributed by atoms with Gasteiger partial charge in [-0.05, 0) is 54.4 Å². The molecule has 4 heteroatoms. The molecule has 0 spiro atoms. The Hall–Kier alpha value is -3.14. The van der Waals surface area contributed by atoms with Gasteiger partial charge in [-0.2, -0.15) is 0 Å². The molecule has 126 valence electrons. The van der Waals surface area contributed by atoms with Crippen LogP contribution in [0.2, 0.25) is 0 Å². The summed E-state index contributed by atoms with van der Waals surface area (Å²) in [6, 6.07) is 23.5. The van der Waals surface area contributed by atoms with E-state index < -0.39 is 0 Å². The van der Waals surface area contributed by atoms with Crippen LogP contribution in [0.25, 0.3) is 0 Å². The molecule has 0 saturated carbocycles. The number of carbonyl (C=O) groups is 1. The summed E-state index contributed by atoms with van der Waals surface area (Å²) in [6.45, 7) is 0. The molecule has 3 nitrogen and oxygen atoms in total. The van der Waals surface area contributed by atoms with Crippen LogP contribution in [0.3, 0.4) is 0 Å². The van der Waals surface area contributed by atoms with Crippen molar-refractivity contribution in [2.45, 2.75) is 12.8 Å². The lowest BCUT2D eigenvalue weighted by atomic mass is 10.1. The van der Waals surface area contributed by atoms with E-state index in [1.807, 2.05) is 54.6 Å². The maximum Gasteiger partial charge on any atom is 0.224 e. The summed E-state index contributed by atoms with van der Waals surface area (Å²) in [5, 5.41) is 6.00. The molecule has 0 saturated heterocycles. The second kappa shape index (κ2) is 8.11. The van der Waals surface area contributed by atoms with Gasteiger partial charge < -0.3 is 10.6 Å². The predicted octanol–water partition coefficient (Wildman–Crippen LogP) is 5.14. The van der Waals surface area contributed by atoms with Crippen molar-refractivity contribution in [1.82, 2.24) is 0 Å². The van der Waals surface area contributed by atoms with Crippen LogP contribution in [0.1, 0.15) is 12.0 Å². The number of nitrogens with one attached hydrogen (secondary N) is 2. The Kier molecular flexibility index (Phi) is 5.42. The van der Waals surface area contributed by atoms with Gasteiger partial charge >= 0.3 is 0 Å². The van der Waals surface area contributed by atoms with E-state index in [9.17, 15) is 9.18 Å². The summed E-state index contributed by atoms with van der Waals surface area (Å²) in [4.78, 5) is 12.0. The van der Waals surface area contributed by atoms with Gasteiger partial charge in [-0.3, -0.25) is 4.79 Å². The molecule has 0 aliphatic carbocycles. The Morgan fingerprint density at radius 3 is 2.24 bits per heavy atom. The SMILES string of the molecule is O=C(CCc1ccccc1)Nc1ccc(Nc2cccc(F)c2)cc1. The van der Waals surface area contributed by atoms with E-state index in [0.29, 0.717) is 18.5 Å². The number of hydrogen-bond acceptors (Lipinski definition) is 2. The minimum Gasteiger partial charge on any atom is -0.355 e. The molecule has 3 rings (SSSR count). The smallest absolute Gasteiger partial charge is 0.224 e. The molecule has 1 amide bonds. The van der Waals surface area contributed by atoms with E-state index >= 15 is 0 Å². The van der Waals surface area contributed by atoms with E-state index in [0.717, 1.165) is 16.9 Å². The lowest BCUT2D eigenvalue weighted by molar-refractivity contribution is -0.116. The third kappa shape index (κ3) is 5.18. The van der Waals surface area contributed by atoms with Gasteiger partial charge in [0.05, 0.1) is 0 Å². The normalized spacial score (nSPS) is 10.3. The van der Waals surface area contributed by atoms with Crippen molar-refractivity contribution >= 4 is 23.0 Å². The van der Waals surface area contributed by atoms with Gasteiger partial charge in [0.1, 0.15) is 5.82 Å². The predicted molar refractivity (Wildman–Crippen MR) is 99.5 cm³/mol. The Bertz CT molecular complexity index is 832. The van der Waals surface area contributed by atoms with Gasteiger partial charge in [0, 0.05) is 23.5 Å². The van der Waals surface area contributed by atoms with Crippen LogP contribution < -0.4 is 10.6 Å². The zero-order valence-corrected chi connectivity index (χ0v) is 13.7. The number of benzene rings is 3. The van der Waals surface area contributed by atoms with E-state index in [2.05, 4.69) is 10.6 Å². The van der Waals surface area contributed by atoms with E-state index in [4.69, 9.17) is 0 Å². The molecule has 0 bridgehead atoms. The molecule has 2 N–H and O–H groups in total. The second-order valence-electron chi connectivity index (χ2n) is 5.75. The van der Waals surface area contributed by atoms with Crippen molar-refractivity contribution in [1.29, 1.82) is 0 Å². The lowest BCUT2D eigenvalue weighted by Crippen LogP contribution is -2.12. The molecule has 3 aromatic rings. The van der Waals surface area contributed by atoms with E-state index in [-0.39, 0.29) is 11.7 Å². The first kappa shape index (κ1) is 16.7. The summed E-state index contributed by atoms with van der Waals surface area (Å²) in [7, 11) is 0. The fourth-order valence-corrected chi connectivity index (χ4v) is 2.50. The van der Waals surface area contributed by atoms with Crippen LogP contribution in [0.15, 0.2) is 78.9 Å². The molecule has 0 aliphatic rings. The van der Waals surface area contributed by atoms with Crippen LogP contribution in [-0.4, -0.2) is 5.91 Å². The summed E-state index contributed by atoms with van der Waals surface area (Å²) in [5.74, 6) is -0.304. The highest BCUT2D eigenvalue weighted by Crippen LogP contribution is 2.19. The van der Waals surface area contributed by atoms with Gasteiger partial charge in [-0.25, -0.2) is 4.39 Å². The molecule has 25 heavy (non-hydrogen) atoms. The monoisotopic (exact) mass is 334 g/mol. The van der Waals surface area contributed by atoms with Crippen LogP contribution in [0, 0.1) is 5.82 Å². The second-order valence-corrected chi connectivity index (χ2v) is 5.75. The zero-order valence-electron chi connectivity index (χ0n) is 13.7. The highest BCUT2D eigenvalue weighted by Gasteiger charge is 2.03. The summed E-state index contributed by atoms with van der Waals surface area (Å²) in [6.07, 6.45) is 1.15. The fraction of sp³-hybridized carbons (Fsp3) is 0.0952. The van der Waals surface area contributed by atoms with Crippen LogP contribution in [0.4, 0.5) is 21.5 Å². The van der Waals surface area contributed by atoms with Crippen LogP contribution in [-0.2, 0) is 11.2 Å².